The molecule has 6 N–H and O–H groups in total. The summed E-state index contributed by atoms with van der Waals surface area (Å²) < 4.78 is 10.3. The molecule has 0 aliphatic heterocycles. The largest absolute Gasteiger partial charge is 0.480 e. The third-order valence-corrected chi connectivity index (χ3v) is 2.93. The standard InChI is InChI=1S/C10H18N3O6P/c1-5(8(16)17)12-9(18)10(2,11)13-6(14)3-4-7(15)20-19/h5,7,15H,3-4,11H2,1-2H3,(H,12,18)(H,13,14)(H,16,17)/p+1/t5-,7?,10-/m0/s1. The van der Waals surface area contributed by atoms with Crippen LogP contribution < -0.4 is 16.4 Å². The normalized spacial score (nSPS) is 16.8. The van der Waals surface area contributed by atoms with Crippen molar-refractivity contribution in [3.8, 4) is 0 Å². The van der Waals surface area contributed by atoms with Crippen LogP contribution in [0.5, 0.6) is 0 Å². The SMILES string of the molecule is C[C@H](NC(=O)[C@@](C)(N)NC(=O)CCC(O)[PH+]=O)C(=O)O. The Hall–Kier alpha value is -1.57. The number of carboxylic acid groups (broad SMARTS) is 1. The highest BCUT2D eigenvalue weighted by molar-refractivity contribution is 7.24. The molecule has 2 amide bonds. The van der Waals surface area contributed by atoms with Gasteiger partial charge in [-0.25, -0.2) is 0 Å². The summed E-state index contributed by atoms with van der Waals surface area (Å²) in [5.41, 5.74) is 3.80. The molecule has 0 aliphatic rings. The van der Waals surface area contributed by atoms with Gasteiger partial charge >= 0.3 is 14.4 Å². The maximum absolute atomic E-state index is 11.7. The molecular formula is C10H19N3O6P+. The summed E-state index contributed by atoms with van der Waals surface area (Å²) in [4.78, 5) is 33.8. The molecule has 10 heteroatoms. The van der Waals surface area contributed by atoms with E-state index in [1.165, 1.54) is 13.8 Å². The van der Waals surface area contributed by atoms with E-state index in [1.54, 1.807) is 0 Å². The molecule has 0 spiro atoms. The molecule has 0 aromatic rings. The monoisotopic (exact) mass is 308 g/mol. The molecule has 114 valence electrons. The molecule has 9 nitrogen and oxygen atoms in total. The Bertz CT molecular complexity index is 400. The zero-order valence-electron chi connectivity index (χ0n) is 11.2. The van der Waals surface area contributed by atoms with E-state index in [-0.39, 0.29) is 12.8 Å². The predicted octanol–water partition coefficient (Wildman–Crippen LogP) is -1.51. The minimum atomic E-state index is -1.79. The summed E-state index contributed by atoms with van der Waals surface area (Å²) >= 11 is 0. The number of aliphatic hydroxyl groups is 1. The highest BCUT2D eigenvalue weighted by Crippen LogP contribution is 2.09. The number of aliphatic carboxylic acids is 1. The van der Waals surface area contributed by atoms with Crippen molar-refractivity contribution >= 4 is 26.2 Å². The second kappa shape index (κ2) is 7.88. The fraction of sp³-hybridized carbons (Fsp3) is 0.700. The molecule has 0 radical (unpaired) electrons. The number of nitrogens with two attached hydrogens (primary N) is 1. The number of rotatable bonds is 8. The van der Waals surface area contributed by atoms with Crippen LogP contribution in [0.25, 0.3) is 0 Å². The Labute approximate surface area is 117 Å². The molecule has 4 atom stereocenters. The fourth-order valence-corrected chi connectivity index (χ4v) is 1.41. The first-order valence-corrected chi connectivity index (χ1v) is 6.78. The van der Waals surface area contributed by atoms with Crippen LogP contribution in [0.1, 0.15) is 26.7 Å². The van der Waals surface area contributed by atoms with Gasteiger partial charge in [-0.05, 0) is 13.8 Å². The van der Waals surface area contributed by atoms with Gasteiger partial charge < -0.3 is 26.6 Å². The maximum Gasteiger partial charge on any atom is 0.356 e. The Kier molecular flexibility index (Phi) is 7.26. The molecule has 0 aliphatic carbocycles. The van der Waals surface area contributed by atoms with Gasteiger partial charge in [-0.1, -0.05) is 4.57 Å². The first-order valence-electron chi connectivity index (χ1n) is 5.79. The molecule has 0 rings (SSSR count). The van der Waals surface area contributed by atoms with Crippen LogP contribution >= 0.6 is 8.46 Å². The zero-order chi connectivity index (χ0) is 15.9. The van der Waals surface area contributed by atoms with Crippen LogP contribution in [0.4, 0.5) is 0 Å². The number of hydrogen-bond acceptors (Lipinski definition) is 6. The topological polar surface area (TPSA) is 159 Å². The summed E-state index contributed by atoms with van der Waals surface area (Å²) in [6.45, 7) is 2.46. The lowest BCUT2D eigenvalue weighted by Gasteiger charge is -2.26. The van der Waals surface area contributed by atoms with Crippen molar-refractivity contribution in [1.82, 2.24) is 10.6 Å². The molecule has 20 heavy (non-hydrogen) atoms. The van der Waals surface area contributed by atoms with Gasteiger partial charge in [-0.15, -0.1) is 0 Å². The average molecular weight is 308 g/mol. The third-order valence-electron chi connectivity index (χ3n) is 2.37. The summed E-state index contributed by atoms with van der Waals surface area (Å²) in [6.07, 6.45) is -0.192. The van der Waals surface area contributed by atoms with E-state index in [4.69, 9.17) is 15.9 Å². The van der Waals surface area contributed by atoms with E-state index in [0.717, 1.165) is 0 Å². The first-order chi connectivity index (χ1) is 9.10. The quantitative estimate of drug-likeness (QED) is 0.269. The molecule has 0 bridgehead atoms. The van der Waals surface area contributed by atoms with Gasteiger partial charge in [0.2, 0.25) is 5.91 Å². The van der Waals surface area contributed by atoms with Crippen LogP contribution in [-0.2, 0) is 18.9 Å². The molecule has 2 unspecified atom stereocenters. The lowest BCUT2D eigenvalue weighted by molar-refractivity contribution is -0.142. The van der Waals surface area contributed by atoms with E-state index >= 15 is 0 Å². The van der Waals surface area contributed by atoms with E-state index in [9.17, 15) is 18.9 Å². The number of aliphatic hydroxyl groups excluding tert-OH is 1. The number of carboxylic acids is 1. The summed E-state index contributed by atoms with van der Waals surface area (Å²) in [5, 5.41) is 22.0. The summed E-state index contributed by atoms with van der Waals surface area (Å²) in [6, 6.07) is -1.15. The highest BCUT2D eigenvalue weighted by atomic mass is 31.1. The van der Waals surface area contributed by atoms with Gasteiger partial charge in [-0.3, -0.25) is 14.4 Å². The second-order valence-corrected chi connectivity index (χ2v) is 5.36. The second-order valence-electron chi connectivity index (χ2n) is 4.46. The molecule has 0 aromatic heterocycles. The molecule has 0 heterocycles. The molecule has 0 saturated heterocycles. The lowest BCUT2D eigenvalue weighted by Crippen LogP contribution is -2.64. The van der Waals surface area contributed by atoms with Crippen LogP contribution in [0.2, 0.25) is 0 Å². The molecule has 0 aromatic carbocycles. The van der Waals surface area contributed by atoms with Crippen LogP contribution in [0.3, 0.4) is 0 Å². The molecule has 0 fully saturated rings. The summed E-state index contributed by atoms with van der Waals surface area (Å²) in [5.74, 6) is -3.82. The van der Waals surface area contributed by atoms with Crippen molar-refractivity contribution in [3.05, 3.63) is 0 Å². The molecule has 0 saturated carbocycles. The van der Waals surface area contributed by atoms with Crippen molar-refractivity contribution in [2.45, 2.75) is 44.2 Å². The van der Waals surface area contributed by atoms with Gasteiger partial charge in [0.1, 0.15) is 6.04 Å². The van der Waals surface area contributed by atoms with Gasteiger partial charge in [0.15, 0.2) is 5.66 Å². The van der Waals surface area contributed by atoms with Crippen LogP contribution in [-0.4, -0.2) is 45.5 Å². The maximum atomic E-state index is 11.7. The van der Waals surface area contributed by atoms with E-state index in [1.807, 2.05) is 0 Å². The van der Waals surface area contributed by atoms with Crippen molar-refractivity contribution in [3.63, 3.8) is 0 Å². The van der Waals surface area contributed by atoms with Crippen molar-refractivity contribution in [1.29, 1.82) is 0 Å². The number of amides is 2. The number of carbonyl (C=O) groups excluding carboxylic acids is 2. The minimum absolute atomic E-state index is 0.0307. The lowest BCUT2D eigenvalue weighted by atomic mass is 10.1. The van der Waals surface area contributed by atoms with Crippen molar-refractivity contribution in [2.75, 3.05) is 0 Å². The number of hydrogen-bond donors (Lipinski definition) is 5. The van der Waals surface area contributed by atoms with Crippen LogP contribution in [0.15, 0.2) is 0 Å². The van der Waals surface area contributed by atoms with Gasteiger partial charge in [0, 0.05) is 12.8 Å². The average Bonchev–Trinajstić information content (AvgIpc) is 2.34. The number of carbonyl (C=O) groups is 3. The number of nitrogens with one attached hydrogen (secondary N) is 2. The Morgan fingerprint density at radius 2 is 1.95 bits per heavy atom. The fourth-order valence-electron chi connectivity index (χ4n) is 1.14. The zero-order valence-corrected chi connectivity index (χ0v) is 12.2. The van der Waals surface area contributed by atoms with Gasteiger partial charge in [0.25, 0.3) is 11.8 Å². The van der Waals surface area contributed by atoms with Crippen LogP contribution in [0, 0.1) is 0 Å². The Morgan fingerprint density at radius 1 is 1.40 bits per heavy atom. The van der Waals surface area contributed by atoms with E-state index < -0.39 is 43.8 Å². The molecular weight excluding hydrogens is 289 g/mol. The smallest absolute Gasteiger partial charge is 0.356 e. The highest BCUT2D eigenvalue weighted by Gasteiger charge is 2.32. The minimum Gasteiger partial charge on any atom is -0.480 e. The summed E-state index contributed by atoms with van der Waals surface area (Å²) in [7, 11) is -0.942. The Morgan fingerprint density at radius 3 is 2.40 bits per heavy atom. The van der Waals surface area contributed by atoms with Gasteiger partial charge in [0.05, 0.1) is 0 Å². The van der Waals surface area contributed by atoms with Crippen molar-refractivity contribution < 1.29 is 29.2 Å². The third kappa shape index (κ3) is 6.55. The van der Waals surface area contributed by atoms with Gasteiger partial charge in [-0.2, -0.15) is 0 Å². The first kappa shape index (κ1) is 18.4. The predicted molar refractivity (Wildman–Crippen MR) is 70.2 cm³/mol. The van der Waals surface area contributed by atoms with E-state index in [0.29, 0.717) is 0 Å². The van der Waals surface area contributed by atoms with Crippen molar-refractivity contribution in [2.24, 2.45) is 5.73 Å². The Balaban J connectivity index is 4.42. The van der Waals surface area contributed by atoms with E-state index in [2.05, 4.69) is 10.6 Å².